The molecule has 0 bridgehead atoms. The van der Waals surface area contributed by atoms with Crippen LogP contribution < -0.4 is 16.0 Å². The van der Waals surface area contributed by atoms with Crippen LogP contribution in [0.2, 0.25) is 5.02 Å². The van der Waals surface area contributed by atoms with Crippen LogP contribution >= 0.6 is 11.6 Å². The maximum Gasteiger partial charge on any atom is 0.222 e. The highest BCUT2D eigenvalue weighted by molar-refractivity contribution is 6.33. The van der Waals surface area contributed by atoms with Crippen molar-refractivity contribution in [2.24, 2.45) is 5.73 Å². The Labute approximate surface area is 136 Å². The van der Waals surface area contributed by atoms with Crippen molar-refractivity contribution in [3.63, 3.8) is 0 Å². The molecule has 0 aliphatic carbocycles. The minimum atomic E-state index is -0.219. The van der Waals surface area contributed by atoms with Crippen molar-refractivity contribution in [2.75, 3.05) is 31.6 Å². The molecule has 1 fully saturated rings. The molecule has 1 aromatic carbocycles. The predicted octanol–water partition coefficient (Wildman–Crippen LogP) is 1.79. The Morgan fingerprint density at radius 2 is 2.32 bits per heavy atom. The van der Waals surface area contributed by atoms with Crippen LogP contribution in [0.5, 0.6) is 0 Å². The summed E-state index contributed by atoms with van der Waals surface area (Å²) >= 11 is 6.26. The second-order valence-corrected chi connectivity index (χ2v) is 6.01. The quantitative estimate of drug-likeness (QED) is 0.836. The van der Waals surface area contributed by atoms with Gasteiger partial charge in [-0.05, 0) is 25.0 Å². The number of carbonyl (C=O) groups is 1. The van der Waals surface area contributed by atoms with Gasteiger partial charge in [-0.1, -0.05) is 23.7 Å². The lowest BCUT2D eigenvalue weighted by molar-refractivity contribution is -0.124. The number of hydrogen-bond donors (Lipinski definition) is 2. The second kappa shape index (κ2) is 8.36. The number of anilines is 1. The maximum absolute atomic E-state index is 12.1. The molecule has 0 aromatic heterocycles. The Morgan fingerprint density at radius 1 is 1.55 bits per heavy atom. The summed E-state index contributed by atoms with van der Waals surface area (Å²) < 4.78 is 5.15. The van der Waals surface area contributed by atoms with Gasteiger partial charge in [0.1, 0.15) is 0 Å². The molecular formula is C16H24ClN3O2. The summed E-state index contributed by atoms with van der Waals surface area (Å²) in [6, 6.07) is 7.94. The standard InChI is InChI=1S/C16H24ClN3O2/c1-22-13(10-18)9-16(21)19-12-5-4-8-20(11-12)15-7-3-2-6-14(15)17/h2-3,6-7,12-13H,4-5,8-11,18H2,1H3,(H,19,21). The van der Waals surface area contributed by atoms with Gasteiger partial charge in [0.15, 0.2) is 0 Å². The zero-order chi connectivity index (χ0) is 15.9. The van der Waals surface area contributed by atoms with Crippen LogP contribution in [0.25, 0.3) is 0 Å². The summed E-state index contributed by atoms with van der Waals surface area (Å²) in [4.78, 5) is 14.3. The molecule has 1 aliphatic heterocycles. The minimum Gasteiger partial charge on any atom is -0.380 e. The fourth-order valence-electron chi connectivity index (χ4n) is 2.78. The van der Waals surface area contributed by atoms with Gasteiger partial charge in [0.2, 0.25) is 5.91 Å². The van der Waals surface area contributed by atoms with E-state index in [1.807, 2.05) is 24.3 Å². The molecule has 5 nitrogen and oxygen atoms in total. The highest BCUT2D eigenvalue weighted by Crippen LogP contribution is 2.27. The molecule has 3 N–H and O–H groups in total. The van der Waals surface area contributed by atoms with Gasteiger partial charge in [0.25, 0.3) is 0 Å². The first-order chi connectivity index (χ1) is 10.6. The normalized spacial score (nSPS) is 19.8. The molecule has 6 heteroatoms. The molecule has 2 atom stereocenters. The van der Waals surface area contributed by atoms with Crippen LogP contribution in [0.4, 0.5) is 5.69 Å². The topological polar surface area (TPSA) is 67.6 Å². The fraction of sp³-hybridized carbons (Fsp3) is 0.562. The van der Waals surface area contributed by atoms with E-state index in [1.165, 1.54) is 0 Å². The number of amides is 1. The molecule has 22 heavy (non-hydrogen) atoms. The SMILES string of the molecule is COC(CN)CC(=O)NC1CCCN(c2ccccc2Cl)C1. The molecule has 0 saturated carbocycles. The lowest BCUT2D eigenvalue weighted by Crippen LogP contribution is -2.48. The summed E-state index contributed by atoms with van der Waals surface area (Å²) in [5, 5.41) is 3.83. The van der Waals surface area contributed by atoms with Crippen LogP contribution in [0.3, 0.4) is 0 Å². The van der Waals surface area contributed by atoms with E-state index in [4.69, 9.17) is 22.1 Å². The maximum atomic E-state index is 12.1. The number of nitrogens with zero attached hydrogens (tertiary/aromatic N) is 1. The van der Waals surface area contributed by atoms with Gasteiger partial charge in [0, 0.05) is 32.8 Å². The average molecular weight is 326 g/mol. The van der Waals surface area contributed by atoms with Crippen molar-refractivity contribution in [1.29, 1.82) is 0 Å². The molecular weight excluding hydrogens is 302 g/mol. The van der Waals surface area contributed by atoms with Crippen LogP contribution in [0.1, 0.15) is 19.3 Å². The highest BCUT2D eigenvalue weighted by atomic mass is 35.5. The number of carbonyl (C=O) groups excluding carboxylic acids is 1. The first-order valence-corrected chi connectivity index (χ1v) is 8.03. The third-order valence-electron chi connectivity index (χ3n) is 3.99. The fourth-order valence-corrected chi connectivity index (χ4v) is 3.03. The summed E-state index contributed by atoms with van der Waals surface area (Å²) in [6.45, 7) is 2.08. The lowest BCUT2D eigenvalue weighted by atomic mass is 10.0. The number of nitrogens with one attached hydrogen (secondary N) is 1. The Bertz CT molecular complexity index is 494. The highest BCUT2D eigenvalue weighted by Gasteiger charge is 2.23. The van der Waals surface area contributed by atoms with Crippen LogP contribution in [-0.2, 0) is 9.53 Å². The molecule has 2 rings (SSSR count). The molecule has 1 amide bonds. The Balaban J connectivity index is 1.91. The summed E-state index contributed by atoms with van der Waals surface area (Å²) in [6.07, 6.45) is 2.09. The number of para-hydroxylation sites is 1. The van der Waals surface area contributed by atoms with Crippen molar-refractivity contribution in [2.45, 2.75) is 31.4 Å². The van der Waals surface area contributed by atoms with E-state index in [0.717, 1.165) is 36.6 Å². The van der Waals surface area contributed by atoms with E-state index in [1.54, 1.807) is 7.11 Å². The summed E-state index contributed by atoms with van der Waals surface area (Å²) in [5.41, 5.74) is 6.58. The number of halogens is 1. The largest absolute Gasteiger partial charge is 0.380 e. The van der Waals surface area contributed by atoms with Gasteiger partial charge in [0.05, 0.1) is 23.2 Å². The molecule has 0 radical (unpaired) electrons. The van der Waals surface area contributed by atoms with E-state index in [-0.39, 0.29) is 18.1 Å². The van der Waals surface area contributed by atoms with E-state index >= 15 is 0 Å². The van der Waals surface area contributed by atoms with Gasteiger partial charge < -0.3 is 20.7 Å². The van der Waals surface area contributed by atoms with Gasteiger partial charge in [-0.15, -0.1) is 0 Å². The van der Waals surface area contributed by atoms with E-state index in [9.17, 15) is 4.79 Å². The zero-order valence-corrected chi connectivity index (χ0v) is 13.7. The summed E-state index contributed by atoms with van der Waals surface area (Å²) in [5.74, 6) is -0.0108. The van der Waals surface area contributed by atoms with Crippen LogP contribution in [-0.4, -0.2) is 44.8 Å². The second-order valence-electron chi connectivity index (χ2n) is 5.60. The smallest absolute Gasteiger partial charge is 0.222 e. The van der Waals surface area contributed by atoms with Gasteiger partial charge in [-0.3, -0.25) is 4.79 Å². The number of rotatable bonds is 6. The molecule has 1 aliphatic rings. The van der Waals surface area contributed by atoms with Gasteiger partial charge in [-0.2, -0.15) is 0 Å². The van der Waals surface area contributed by atoms with Gasteiger partial charge in [-0.25, -0.2) is 0 Å². The molecule has 122 valence electrons. The van der Waals surface area contributed by atoms with E-state index < -0.39 is 0 Å². The molecule has 1 saturated heterocycles. The predicted molar refractivity (Wildman–Crippen MR) is 89.3 cm³/mol. The van der Waals surface area contributed by atoms with Crippen molar-refractivity contribution < 1.29 is 9.53 Å². The van der Waals surface area contributed by atoms with Crippen molar-refractivity contribution in [3.8, 4) is 0 Å². The Hall–Kier alpha value is -1.30. The number of nitrogens with two attached hydrogens (primary N) is 1. The van der Waals surface area contributed by atoms with Gasteiger partial charge >= 0.3 is 0 Å². The van der Waals surface area contributed by atoms with Crippen LogP contribution in [0.15, 0.2) is 24.3 Å². The van der Waals surface area contributed by atoms with Crippen LogP contribution in [0, 0.1) is 0 Å². The number of methoxy groups -OCH3 is 1. The lowest BCUT2D eigenvalue weighted by Gasteiger charge is -2.35. The third-order valence-corrected chi connectivity index (χ3v) is 4.31. The molecule has 1 aromatic rings. The number of hydrogen-bond acceptors (Lipinski definition) is 4. The third kappa shape index (κ3) is 4.60. The number of benzene rings is 1. The van der Waals surface area contributed by atoms with Crippen molar-refractivity contribution in [3.05, 3.63) is 29.3 Å². The minimum absolute atomic E-state index is 0.0108. The molecule has 2 unspecified atom stereocenters. The Kier molecular flexibility index (Phi) is 6.49. The Morgan fingerprint density at radius 3 is 3.00 bits per heavy atom. The summed E-state index contributed by atoms with van der Waals surface area (Å²) in [7, 11) is 1.57. The molecule has 0 spiro atoms. The van der Waals surface area contributed by atoms with E-state index in [2.05, 4.69) is 10.2 Å². The first-order valence-electron chi connectivity index (χ1n) is 7.65. The number of piperidine rings is 1. The van der Waals surface area contributed by atoms with E-state index in [0.29, 0.717) is 13.0 Å². The first kappa shape index (κ1) is 17.1. The van der Waals surface area contributed by atoms with Crippen molar-refractivity contribution >= 4 is 23.2 Å². The molecule has 1 heterocycles. The zero-order valence-electron chi connectivity index (χ0n) is 12.9. The monoisotopic (exact) mass is 325 g/mol. The van der Waals surface area contributed by atoms with Crippen molar-refractivity contribution in [1.82, 2.24) is 5.32 Å². The number of ether oxygens (including phenoxy) is 1. The average Bonchev–Trinajstić information content (AvgIpc) is 2.53.